The summed E-state index contributed by atoms with van der Waals surface area (Å²) in [5, 5.41) is 0. The van der Waals surface area contributed by atoms with E-state index in [4.69, 9.17) is 5.73 Å². The monoisotopic (exact) mass is 404 g/mol. The van der Waals surface area contributed by atoms with Crippen LogP contribution in [0.4, 0.5) is 21.0 Å². The van der Waals surface area contributed by atoms with Gasteiger partial charge in [-0.05, 0) is 32.6 Å². The molecule has 1 aromatic rings. The summed E-state index contributed by atoms with van der Waals surface area (Å²) in [7, 11) is 0. The van der Waals surface area contributed by atoms with Gasteiger partial charge < -0.3 is 15.5 Å². The number of carbonyl (C=O) groups excluding carboxylic acids is 2. The number of nitrogen functional groups attached to an aromatic ring is 1. The Morgan fingerprint density at radius 2 is 1.97 bits per heavy atom. The molecule has 29 heavy (non-hydrogen) atoms. The van der Waals surface area contributed by atoms with Gasteiger partial charge in [-0.2, -0.15) is 4.98 Å². The summed E-state index contributed by atoms with van der Waals surface area (Å²) in [6.07, 6.45) is 3.89. The van der Waals surface area contributed by atoms with Crippen molar-refractivity contribution in [2.24, 2.45) is 5.92 Å². The molecule has 0 aliphatic carbocycles. The third-order valence-corrected chi connectivity index (χ3v) is 5.48. The molecule has 3 heterocycles. The number of nitrogens with zero attached hydrogens (tertiary/aromatic N) is 5. The van der Waals surface area contributed by atoms with E-state index in [0.29, 0.717) is 38.4 Å². The highest BCUT2D eigenvalue weighted by molar-refractivity contribution is 6.07. The first kappa shape index (κ1) is 21.0. The number of hydrogen-bond acceptors (Lipinski definition) is 6. The summed E-state index contributed by atoms with van der Waals surface area (Å²) < 4.78 is 13.4. The Hall–Kier alpha value is -2.71. The number of urea groups is 1. The number of carbonyl (C=O) groups is 2. The molecular formula is C20H29FN6O2. The number of anilines is 2. The number of halogens is 1. The predicted molar refractivity (Wildman–Crippen MR) is 109 cm³/mol. The maximum Gasteiger partial charge on any atom is 0.327 e. The fraction of sp³-hybridized carbons (Fsp3) is 0.600. The molecule has 3 amide bonds. The highest BCUT2D eigenvalue weighted by Crippen LogP contribution is 2.38. The lowest BCUT2D eigenvalue weighted by molar-refractivity contribution is -0.134. The fourth-order valence-electron chi connectivity index (χ4n) is 3.92. The highest BCUT2D eigenvalue weighted by atomic mass is 19.1. The van der Waals surface area contributed by atoms with Crippen molar-refractivity contribution in [1.82, 2.24) is 19.8 Å². The van der Waals surface area contributed by atoms with Crippen molar-refractivity contribution in [1.29, 1.82) is 0 Å². The summed E-state index contributed by atoms with van der Waals surface area (Å²) in [5.74, 6) is -0.411. The van der Waals surface area contributed by atoms with Crippen LogP contribution in [0.2, 0.25) is 0 Å². The van der Waals surface area contributed by atoms with Crippen LogP contribution >= 0.6 is 0 Å². The van der Waals surface area contributed by atoms with Crippen LogP contribution in [0.5, 0.6) is 0 Å². The Bertz CT molecular complexity index is 828. The standard InChI is InChI=1S/C20H29FN6O2/c1-13(2)5-8-26-17(28)20(27(19(26)29)12-14(3)4)6-9-25(10-7-20)18-23-11-15(21)16(22)24-18/h5,11,14H,6-10,12H2,1-4H3,(H2,22,23,24). The van der Waals surface area contributed by atoms with Crippen molar-refractivity contribution < 1.29 is 14.0 Å². The number of amides is 3. The number of allylic oxidation sites excluding steroid dienone is 1. The second kappa shape index (κ2) is 7.96. The fourth-order valence-corrected chi connectivity index (χ4v) is 3.92. The number of nitrogens with two attached hydrogens (primary N) is 1. The summed E-state index contributed by atoms with van der Waals surface area (Å²) in [6.45, 7) is 9.74. The minimum Gasteiger partial charge on any atom is -0.381 e. The summed E-state index contributed by atoms with van der Waals surface area (Å²) in [4.78, 5) is 39.4. The van der Waals surface area contributed by atoms with E-state index in [0.717, 1.165) is 11.8 Å². The van der Waals surface area contributed by atoms with Gasteiger partial charge in [0.2, 0.25) is 5.95 Å². The minimum absolute atomic E-state index is 0.139. The van der Waals surface area contributed by atoms with E-state index in [2.05, 4.69) is 9.97 Å². The summed E-state index contributed by atoms with van der Waals surface area (Å²) in [6, 6.07) is -0.225. The molecule has 2 aliphatic rings. The molecule has 0 radical (unpaired) electrons. The lowest BCUT2D eigenvalue weighted by Gasteiger charge is -2.42. The van der Waals surface area contributed by atoms with Crippen LogP contribution in [0.25, 0.3) is 0 Å². The van der Waals surface area contributed by atoms with Gasteiger partial charge in [-0.25, -0.2) is 14.2 Å². The summed E-state index contributed by atoms with van der Waals surface area (Å²) in [5.41, 5.74) is 5.77. The van der Waals surface area contributed by atoms with Gasteiger partial charge in [0, 0.05) is 26.2 Å². The SMILES string of the molecule is CC(C)=CCN1C(=O)N(CC(C)C)C2(CCN(c3ncc(F)c(N)n3)CC2)C1=O. The third kappa shape index (κ3) is 3.90. The zero-order chi connectivity index (χ0) is 21.3. The van der Waals surface area contributed by atoms with Crippen LogP contribution in [0, 0.1) is 11.7 Å². The van der Waals surface area contributed by atoms with Crippen LogP contribution in [0.3, 0.4) is 0 Å². The molecule has 2 saturated heterocycles. The van der Waals surface area contributed by atoms with Crippen molar-refractivity contribution in [2.75, 3.05) is 36.8 Å². The zero-order valence-electron chi connectivity index (χ0n) is 17.5. The van der Waals surface area contributed by atoms with Gasteiger partial charge in [0.25, 0.3) is 5.91 Å². The minimum atomic E-state index is -0.848. The van der Waals surface area contributed by atoms with Crippen molar-refractivity contribution in [3.8, 4) is 0 Å². The van der Waals surface area contributed by atoms with Crippen LogP contribution in [-0.2, 0) is 4.79 Å². The maximum absolute atomic E-state index is 13.4. The molecule has 0 bridgehead atoms. The number of hydrogen-bond donors (Lipinski definition) is 1. The van der Waals surface area contributed by atoms with Gasteiger partial charge in [0.1, 0.15) is 5.54 Å². The average Bonchev–Trinajstić information content (AvgIpc) is 2.84. The molecule has 2 aliphatic heterocycles. The van der Waals surface area contributed by atoms with Crippen LogP contribution in [0.1, 0.15) is 40.5 Å². The Kier molecular flexibility index (Phi) is 5.77. The van der Waals surface area contributed by atoms with Crippen LogP contribution < -0.4 is 10.6 Å². The smallest absolute Gasteiger partial charge is 0.327 e. The van der Waals surface area contributed by atoms with E-state index in [1.54, 1.807) is 4.90 Å². The number of imide groups is 1. The number of aromatic nitrogens is 2. The second-order valence-electron chi connectivity index (χ2n) is 8.41. The largest absolute Gasteiger partial charge is 0.381 e. The van der Waals surface area contributed by atoms with Gasteiger partial charge in [-0.1, -0.05) is 25.5 Å². The van der Waals surface area contributed by atoms with E-state index in [9.17, 15) is 14.0 Å². The Labute approximate surface area is 170 Å². The third-order valence-electron chi connectivity index (χ3n) is 5.48. The normalized spacial score (nSPS) is 18.9. The quantitative estimate of drug-likeness (QED) is 0.598. The van der Waals surface area contributed by atoms with Crippen molar-refractivity contribution >= 4 is 23.7 Å². The molecule has 0 aromatic carbocycles. The first-order valence-electron chi connectivity index (χ1n) is 9.95. The van der Waals surface area contributed by atoms with E-state index in [-0.39, 0.29) is 30.2 Å². The molecule has 0 saturated carbocycles. The molecule has 1 spiro atoms. The Morgan fingerprint density at radius 1 is 1.31 bits per heavy atom. The van der Waals surface area contributed by atoms with Crippen molar-refractivity contribution in [2.45, 2.75) is 46.1 Å². The number of rotatable bonds is 5. The molecule has 0 atom stereocenters. The molecule has 2 fully saturated rings. The van der Waals surface area contributed by atoms with Gasteiger partial charge in [-0.15, -0.1) is 0 Å². The van der Waals surface area contributed by atoms with E-state index < -0.39 is 11.4 Å². The van der Waals surface area contributed by atoms with Gasteiger partial charge in [0.05, 0.1) is 6.20 Å². The molecule has 9 heteroatoms. The highest BCUT2D eigenvalue weighted by Gasteiger charge is 2.57. The van der Waals surface area contributed by atoms with E-state index in [1.807, 2.05) is 38.7 Å². The average molecular weight is 404 g/mol. The molecule has 2 N–H and O–H groups in total. The zero-order valence-corrected chi connectivity index (χ0v) is 17.5. The van der Waals surface area contributed by atoms with Gasteiger partial charge in [-0.3, -0.25) is 9.69 Å². The maximum atomic E-state index is 13.4. The molecule has 8 nitrogen and oxygen atoms in total. The van der Waals surface area contributed by atoms with Crippen LogP contribution in [-0.4, -0.2) is 63.4 Å². The molecule has 158 valence electrons. The predicted octanol–water partition coefficient (Wildman–Crippen LogP) is 2.42. The number of piperidine rings is 1. The Balaban J connectivity index is 1.84. The second-order valence-corrected chi connectivity index (χ2v) is 8.41. The lowest BCUT2D eigenvalue weighted by atomic mass is 9.85. The molecular weight excluding hydrogens is 375 g/mol. The van der Waals surface area contributed by atoms with Crippen molar-refractivity contribution in [3.05, 3.63) is 23.7 Å². The first-order chi connectivity index (χ1) is 13.7. The molecule has 0 unspecified atom stereocenters. The van der Waals surface area contributed by atoms with Gasteiger partial charge >= 0.3 is 6.03 Å². The lowest BCUT2D eigenvalue weighted by Crippen LogP contribution is -2.57. The van der Waals surface area contributed by atoms with Gasteiger partial charge in [0.15, 0.2) is 11.6 Å². The van der Waals surface area contributed by atoms with E-state index >= 15 is 0 Å². The Morgan fingerprint density at radius 3 is 2.52 bits per heavy atom. The van der Waals surface area contributed by atoms with E-state index in [1.165, 1.54) is 4.90 Å². The topological polar surface area (TPSA) is 95.7 Å². The molecule has 3 rings (SSSR count). The van der Waals surface area contributed by atoms with Crippen LogP contribution in [0.15, 0.2) is 17.8 Å². The first-order valence-corrected chi connectivity index (χ1v) is 9.95. The molecule has 1 aromatic heterocycles. The summed E-state index contributed by atoms with van der Waals surface area (Å²) >= 11 is 0. The van der Waals surface area contributed by atoms with Crippen molar-refractivity contribution in [3.63, 3.8) is 0 Å².